The molecule has 6 heteroatoms. The molecule has 31 heavy (non-hydrogen) atoms. The molecule has 0 spiro atoms. The Morgan fingerprint density at radius 1 is 0.839 bits per heavy atom. The minimum absolute atomic E-state index is 0.0748. The largest absolute Gasteiger partial charge is 0.497 e. The highest BCUT2D eigenvalue weighted by Gasteiger charge is 2.24. The van der Waals surface area contributed by atoms with Crippen molar-refractivity contribution in [2.75, 3.05) is 43.5 Å². The average Bonchev–Trinajstić information content (AvgIpc) is 2.84. The second-order valence-corrected chi connectivity index (χ2v) is 7.35. The molecular formula is C25H25N3O3. The van der Waals surface area contributed by atoms with Crippen LogP contribution >= 0.6 is 0 Å². The highest BCUT2D eigenvalue weighted by molar-refractivity contribution is 6.09. The van der Waals surface area contributed by atoms with Gasteiger partial charge in [-0.05, 0) is 42.5 Å². The zero-order valence-electron chi connectivity index (χ0n) is 17.5. The summed E-state index contributed by atoms with van der Waals surface area (Å²) in [7, 11) is 1.56. The minimum Gasteiger partial charge on any atom is -0.497 e. The van der Waals surface area contributed by atoms with E-state index in [1.54, 1.807) is 43.5 Å². The highest BCUT2D eigenvalue weighted by atomic mass is 16.5. The van der Waals surface area contributed by atoms with E-state index in [4.69, 9.17) is 4.74 Å². The number of nitrogens with one attached hydrogen (secondary N) is 1. The number of anilines is 2. The minimum atomic E-state index is -0.284. The summed E-state index contributed by atoms with van der Waals surface area (Å²) in [5.41, 5.74) is 2.64. The Morgan fingerprint density at radius 3 is 2.29 bits per heavy atom. The number of carbonyl (C=O) groups excluding carboxylic acids is 2. The molecule has 2 amide bonds. The number of hydrogen-bond acceptors (Lipinski definition) is 4. The molecule has 1 N–H and O–H groups in total. The van der Waals surface area contributed by atoms with Gasteiger partial charge in [0.05, 0.1) is 18.4 Å². The molecule has 6 nitrogen and oxygen atoms in total. The van der Waals surface area contributed by atoms with Gasteiger partial charge in [-0.3, -0.25) is 9.59 Å². The zero-order chi connectivity index (χ0) is 21.6. The molecular weight excluding hydrogens is 390 g/mol. The van der Waals surface area contributed by atoms with E-state index >= 15 is 0 Å². The van der Waals surface area contributed by atoms with Crippen molar-refractivity contribution in [2.45, 2.75) is 0 Å². The first kappa shape index (κ1) is 20.5. The Hall–Kier alpha value is -3.80. The van der Waals surface area contributed by atoms with Crippen molar-refractivity contribution in [3.63, 3.8) is 0 Å². The first-order valence-electron chi connectivity index (χ1n) is 10.3. The molecule has 158 valence electrons. The van der Waals surface area contributed by atoms with Crippen LogP contribution in [-0.2, 0) is 0 Å². The molecule has 0 radical (unpaired) electrons. The molecule has 0 unspecified atom stereocenters. The van der Waals surface area contributed by atoms with E-state index in [2.05, 4.69) is 22.3 Å². The number of hydrogen-bond donors (Lipinski definition) is 1. The fourth-order valence-electron chi connectivity index (χ4n) is 3.71. The number of para-hydroxylation sites is 2. The van der Waals surface area contributed by atoms with Gasteiger partial charge >= 0.3 is 0 Å². The molecule has 0 aliphatic carbocycles. The molecule has 0 bridgehead atoms. The number of amides is 2. The van der Waals surface area contributed by atoms with Crippen molar-refractivity contribution in [2.24, 2.45) is 0 Å². The van der Waals surface area contributed by atoms with Gasteiger partial charge in [0.25, 0.3) is 11.8 Å². The summed E-state index contributed by atoms with van der Waals surface area (Å²) in [6.07, 6.45) is 0. The van der Waals surface area contributed by atoms with Crippen molar-refractivity contribution < 1.29 is 14.3 Å². The van der Waals surface area contributed by atoms with E-state index in [-0.39, 0.29) is 11.8 Å². The third-order valence-corrected chi connectivity index (χ3v) is 5.43. The Labute approximate surface area is 182 Å². The van der Waals surface area contributed by atoms with Gasteiger partial charge in [0, 0.05) is 37.4 Å². The van der Waals surface area contributed by atoms with Crippen LogP contribution in [0.15, 0.2) is 78.9 Å². The molecule has 3 aromatic carbocycles. The Balaban J connectivity index is 1.45. The van der Waals surface area contributed by atoms with Crippen LogP contribution in [0.3, 0.4) is 0 Å². The lowest BCUT2D eigenvalue weighted by Crippen LogP contribution is -2.48. The lowest BCUT2D eigenvalue weighted by molar-refractivity contribution is 0.0748. The number of nitrogens with zero attached hydrogens (tertiary/aromatic N) is 2. The van der Waals surface area contributed by atoms with Crippen LogP contribution in [-0.4, -0.2) is 50.0 Å². The second kappa shape index (κ2) is 9.34. The molecule has 1 fully saturated rings. The number of benzene rings is 3. The number of ether oxygens (including phenoxy) is 1. The van der Waals surface area contributed by atoms with E-state index in [9.17, 15) is 9.59 Å². The maximum absolute atomic E-state index is 13.2. The third-order valence-electron chi connectivity index (χ3n) is 5.43. The molecule has 4 rings (SSSR count). The number of methoxy groups -OCH3 is 1. The fourth-order valence-corrected chi connectivity index (χ4v) is 3.71. The average molecular weight is 415 g/mol. The van der Waals surface area contributed by atoms with Crippen molar-refractivity contribution in [3.8, 4) is 5.75 Å². The molecule has 1 aliphatic heterocycles. The van der Waals surface area contributed by atoms with E-state index < -0.39 is 0 Å². The lowest BCUT2D eigenvalue weighted by Gasteiger charge is -2.36. The van der Waals surface area contributed by atoms with E-state index in [0.717, 1.165) is 13.1 Å². The Morgan fingerprint density at radius 2 is 1.55 bits per heavy atom. The maximum Gasteiger partial charge on any atom is 0.256 e. The summed E-state index contributed by atoms with van der Waals surface area (Å²) in [5.74, 6) is 0.246. The molecule has 1 heterocycles. The van der Waals surface area contributed by atoms with E-state index in [1.807, 2.05) is 35.2 Å². The van der Waals surface area contributed by atoms with Crippen molar-refractivity contribution in [1.29, 1.82) is 0 Å². The molecule has 0 saturated carbocycles. The van der Waals surface area contributed by atoms with E-state index in [0.29, 0.717) is 35.7 Å². The van der Waals surface area contributed by atoms with Gasteiger partial charge in [-0.2, -0.15) is 0 Å². The highest BCUT2D eigenvalue weighted by Crippen LogP contribution is 2.22. The quantitative estimate of drug-likeness (QED) is 0.686. The van der Waals surface area contributed by atoms with Crippen LogP contribution in [0.25, 0.3) is 0 Å². The van der Waals surface area contributed by atoms with Crippen molar-refractivity contribution >= 4 is 23.2 Å². The number of rotatable bonds is 5. The van der Waals surface area contributed by atoms with Crippen molar-refractivity contribution in [1.82, 2.24) is 4.90 Å². The number of piperazine rings is 1. The standard InChI is InChI=1S/C25H25N3O3/c1-31-21-11-7-8-19(18-21)24(29)26-23-13-6-5-12-22(23)25(30)28-16-14-27(15-17-28)20-9-3-2-4-10-20/h2-13,18H,14-17H2,1H3,(H,26,29). The maximum atomic E-state index is 13.2. The summed E-state index contributed by atoms with van der Waals surface area (Å²) >= 11 is 0. The van der Waals surface area contributed by atoms with Gasteiger partial charge in [-0.25, -0.2) is 0 Å². The topological polar surface area (TPSA) is 61.9 Å². The van der Waals surface area contributed by atoms with Crippen LogP contribution in [0.5, 0.6) is 5.75 Å². The van der Waals surface area contributed by atoms with Gasteiger partial charge in [-0.15, -0.1) is 0 Å². The first-order valence-corrected chi connectivity index (χ1v) is 10.3. The molecule has 1 aliphatic rings. The second-order valence-electron chi connectivity index (χ2n) is 7.35. The van der Waals surface area contributed by atoms with Gasteiger partial charge in [-0.1, -0.05) is 36.4 Å². The zero-order valence-corrected chi connectivity index (χ0v) is 17.5. The molecule has 0 aromatic heterocycles. The monoisotopic (exact) mass is 415 g/mol. The summed E-state index contributed by atoms with van der Waals surface area (Å²) in [6, 6.07) is 24.3. The molecule has 0 atom stereocenters. The fraction of sp³-hybridized carbons (Fsp3) is 0.200. The Bertz CT molecular complexity index is 1060. The van der Waals surface area contributed by atoms with Crippen LogP contribution in [0.2, 0.25) is 0 Å². The van der Waals surface area contributed by atoms with E-state index in [1.165, 1.54) is 5.69 Å². The lowest BCUT2D eigenvalue weighted by atomic mass is 10.1. The van der Waals surface area contributed by atoms with Crippen LogP contribution in [0.4, 0.5) is 11.4 Å². The summed E-state index contributed by atoms with van der Waals surface area (Å²) in [5, 5.41) is 2.88. The van der Waals surface area contributed by atoms with Crippen LogP contribution in [0, 0.1) is 0 Å². The summed E-state index contributed by atoms with van der Waals surface area (Å²) in [4.78, 5) is 30.1. The Kier molecular flexibility index (Phi) is 6.17. The van der Waals surface area contributed by atoms with Crippen molar-refractivity contribution in [3.05, 3.63) is 90.0 Å². The van der Waals surface area contributed by atoms with Crippen LogP contribution in [0.1, 0.15) is 20.7 Å². The summed E-state index contributed by atoms with van der Waals surface area (Å²) in [6.45, 7) is 2.81. The number of carbonyl (C=O) groups is 2. The van der Waals surface area contributed by atoms with Gasteiger partial charge in [0.2, 0.25) is 0 Å². The predicted molar refractivity (Wildman–Crippen MR) is 122 cm³/mol. The smallest absolute Gasteiger partial charge is 0.256 e. The van der Waals surface area contributed by atoms with Gasteiger partial charge in [0.1, 0.15) is 5.75 Å². The molecule has 3 aromatic rings. The van der Waals surface area contributed by atoms with Crippen LogP contribution < -0.4 is 15.0 Å². The van der Waals surface area contributed by atoms with Gasteiger partial charge < -0.3 is 19.9 Å². The summed E-state index contributed by atoms with van der Waals surface area (Å²) < 4.78 is 5.19. The van der Waals surface area contributed by atoms with Gasteiger partial charge in [0.15, 0.2) is 0 Å². The first-order chi connectivity index (χ1) is 15.2. The normalized spacial score (nSPS) is 13.6. The third kappa shape index (κ3) is 4.69. The predicted octanol–water partition coefficient (Wildman–Crippen LogP) is 3.91. The molecule has 1 saturated heterocycles. The SMILES string of the molecule is COc1cccc(C(=O)Nc2ccccc2C(=O)N2CCN(c3ccccc3)CC2)c1.